The molecule has 5 heteroatoms. The summed E-state index contributed by atoms with van der Waals surface area (Å²) in [6.45, 7) is 8.54. The molecule has 0 saturated carbocycles. The van der Waals surface area contributed by atoms with Crippen molar-refractivity contribution in [2.75, 3.05) is 20.6 Å². The third-order valence-corrected chi connectivity index (χ3v) is 3.45. The number of likely N-dealkylation sites (N-methyl/N-ethyl adjacent to an activating group) is 1. The number of aromatic nitrogens is 1. The minimum absolute atomic E-state index is 0.0963. The molecule has 5 nitrogen and oxygen atoms in total. The lowest BCUT2D eigenvalue weighted by molar-refractivity contribution is 0.0910. The standard InChI is InChI=1S/C13H23N3O2/c1-7-10-9(2)11(15-18-10)12(17)14-8-13(3,4)16(5)6/h7-8H2,1-6H3,(H,14,17). The molecule has 1 heterocycles. The molecule has 0 aliphatic rings. The Labute approximate surface area is 109 Å². The molecule has 0 aromatic carbocycles. The molecule has 1 amide bonds. The van der Waals surface area contributed by atoms with Crippen LogP contribution >= 0.6 is 0 Å². The molecular weight excluding hydrogens is 230 g/mol. The quantitative estimate of drug-likeness (QED) is 0.866. The minimum atomic E-state index is -0.175. The fourth-order valence-electron chi connectivity index (χ4n) is 1.45. The lowest BCUT2D eigenvalue weighted by Gasteiger charge is -2.32. The minimum Gasteiger partial charge on any atom is -0.360 e. The molecule has 102 valence electrons. The topological polar surface area (TPSA) is 58.4 Å². The van der Waals surface area contributed by atoms with Gasteiger partial charge in [0, 0.05) is 24.1 Å². The summed E-state index contributed by atoms with van der Waals surface area (Å²) in [6, 6.07) is 0. The largest absolute Gasteiger partial charge is 0.360 e. The Kier molecular flexibility index (Phi) is 4.51. The summed E-state index contributed by atoms with van der Waals surface area (Å²) in [6.07, 6.45) is 0.745. The predicted molar refractivity (Wildman–Crippen MR) is 70.7 cm³/mol. The van der Waals surface area contributed by atoms with Gasteiger partial charge in [-0.1, -0.05) is 12.1 Å². The molecule has 1 aromatic rings. The molecule has 0 unspecified atom stereocenters. The first kappa shape index (κ1) is 14.7. The second-order valence-electron chi connectivity index (χ2n) is 5.32. The van der Waals surface area contributed by atoms with Crippen molar-refractivity contribution < 1.29 is 9.32 Å². The third-order valence-electron chi connectivity index (χ3n) is 3.45. The van der Waals surface area contributed by atoms with E-state index in [9.17, 15) is 4.79 Å². The van der Waals surface area contributed by atoms with Crippen molar-refractivity contribution in [3.63, 3.8) is 0 Å². The molecule has 18 heavy (non-hydrogen) atoms. The van der Waals surface area contributed by atoms with Gasteiger partial charge >= 0.3 is 0 Å². The summed E-state index contributed by atoms with van der Waals surface area (Å²) in [5.41, 5.74) is 1.13. The summed E-state index contributed by atoms with van der Waals surface area (Å²) in [5.74, 6) is 0.595. The zero-order chi connectivity index (χ0) is 13.9. The van der Waals surface area contributed by atoms with Gasteiger partial charge in [-0.2, -0.15) is 0 Å². The Balaban J connectivity index is 2.69. The van der Waals surface area contributed by atoms with Crippen molar-refractivity contribution in [3.8, 4) is 0 Å². The van der Waals surface area contributed by atoms with Gasteiger partial charge in [0.1, 0.15) is 5.76 Å². The van der Waals surface area contributed by atoms with Gasteiger partial charge in [0.25, 0.3) is 5.91 Å². The van der Waals surface area contributed by atoms with E-state index in [4.69, 9.17) is 4.52 Å². The fraction of sp³-hybridized carbons (Fsp3) is 0.692. The van der Waals surface area contributed by atoms with Crippen LogP contribution in [0.2, 0.25) is 0 Å². The van der Waals surface area contributed by atoms with Crippen LogP contribution in [0.25, 0.3) is 0 Å². The first-order valence-electron chi connectivity index (χ1n) is 6.20. The Morgan fingerprint density at radius 1 is 1.44 bits per heavy atom. The Hall–Kier alpha value is -1.36. The van der Waals surface area contributed by atoms with Crippen LogP contribution in [0.4, 0.5) is 0 Å². The maximum absolute atomic E-state index is 12.0. The Morgan fingerprint density at radius 2 is 2.06 bits per heavy atom. The third kappa shape index (κ3) is 3.10. The summed E-state index contributed by atoms with van der Waals surface area (Å²) in [4.78, 5) is 14.1. The Morgan fingerprint density at radius 3 is 2.50 bits per heavy atom. The van der Waals surface area contributed by atoms with Crippen LogP contribution in [0.1, 0.15) is 42.6 Å². The van der Waals surface area contributed by atoms with Crippen LogP contribution in [0, 0.1) is 6.92 Å². The SMILES string of the molecule is CCc1onc(C(=O)NCC(C)(C)N(C)C)c1C. The van der Waals surface area contributed by atoms with Crippen LogP contribution < -0.4 is 5.32 Å². The highest BCUT2D eigenvalue weighted by Gasteiger charge is 2.23. The van der Waals surface area contributed by atoms with Crippen molar-refractivity contribution in [2.24, 2.45) is 0 Å². The van der Waals surface area contributed by atoms with E-state index in [1.807, 2.05) is 27.9 Å². The lowest BCUT2D eigenvalue weighted by Crippen LogP contribution is -2.48. The molecule has 0 spiro atoms. The number of hydrogen-bond donors (Lipinski definition) is 1. The molecular formula is C13H23N3O2. The van der Waals surface area contributed by atoms with Gasteiger partial charge in [0.2, 0.25) is 0 Å². The van der Waals surface area contributed by atoms with Crippen molar-refractivity contribution in [2.45, 2.75) is 39.7 Å². The van der Waals surface area contributed by atoms with E-state index in [0.29, 0.717) is 12.2 Å². The second-order valence-corrected chi connectivity index (χ2v) is 5.32. The molecule has 0 fully saturated rings. The molecule has 0 aliphatic heterocycles. The lowest BCUT2D eigenvalue weighted by atomic mass is 10.0. The maximum atomic E-state index is 12.0. The maximum Gasteiger partial charge on any atom is 0.273 e. The number of aryl methyl sites for hydroxylation is 1. The van der Waals surface area contributed by atoms with Crippen molar-refractivity contribution >= 4 is 5.91 Å². The highest BCUT2D eigenvalue weighted by Crippen LogP contribution is 2.14. The van der Waals surface area contributed by atoms with E-state index in [0.717, 1.165) is 17.7 Å². The number of rotatable bonds is 5. The highest BCUT2D eigenvalue weighted by molar-refractivity contribution is 5.93. The number of carbonyl (C=O) groups excluding carboxylic acids is 1. The van der Waals surface area contributed by atoms with Gasteiger partial charge in [-0.15, -0.1) is 0 Å². The van der Waals surface area contributed by atoms with E-state index in [2.05, 4.69) is 29.2 Å². The molecule has 0 saturated heterocycles. The highest BCUT2D eigenvalue weighted by atomic mass is 16.5. The van der Waals surface area contributed by atoms with Crippen LogP contribution in [-0.4, -0.2) is 42.1 Å². The molecule has 1 N–H and O–H groups in total. The van der Waals surface area contributed by atoms with Crippen molar-refractivity contribution in [3.05, 3.63) is 17.0 Å². The van der Waals surface area contributed by atoms with Gasteiger partial charge < -0.3 is 14.7 Å². The number of amides is 1. The monoisotopic (exact) mass is 253 g/mol. The van der Waals surface area contributed by atoms with E-state index < -0.39 is 0 Å². The summed E-state index contributed by atoms with van der Waals surface area (Å²) < 4.78 is 5.12. The first-order valence-corrected chi connectivity index (χ1v) is 6.20. The number of hydrogen-bond acceptors (Lipinski definition) is 4. The normalized spacial score (nSPS) is 11.9. The average Bonchev–Trinajstić information content (AvgIpc) is 2.67. The van der Waals surface area contributed by atoms with E-state index in [-0.39, 0.29) is 11.4 Å². The zero-order valence-corrected chi connectivity index (χ0v) is 12.1. The molecule has 0 aliphatic carbocycles. The molecule has 1 rings (SSSR count). The molecule has 0 atom stereocenters. The first-order chi connectivity index (χ1) is 8.29. The Bertz CT molecular complexity index is 422. The zero-order valence-electron chi connectivity index (χ0n) is 12.1. The van der Waals surface area contributed by atoms with Crippen LogP contribution in [0.5, 0.6) is 0 Å². The van der Waals surface area contributed by atoms with E-state index in [1.165, 1.54) is 0 Å². The van der Waals surface area contributed by atoms with E-state index in [1.54, 1.807) is 0 Å². The summed E-state index contributed by atoms with van der Waals surface area (Å²) >= 11 is 0. The summed E-state index contributed by atoms with van der Waals surface area (Å²) in [7, 11) is 3.98. The van der Waals surface area contributed by atoms with Gasteiger partial charge in [-0.25, -0.2) is 0 Å². The smallest absolute Gasteiger partial charge is 0.273 e. The van der Waals surface area contributed by atoms with Gasteiger partial charge in [-0.3, -0.25) is 4.79 Å². The van der Waals surface area contributed by atoms with Crippen LogP contribution in [0.3, 0.4) is 0 Å². The molecule has 1 aromatic heterocycles. The second kappa shape index (κ2) is 5.52. The number of carbonyl (C=O) groups is 1. The summed E-state index contributed by atoms with van der Waals surface area (Å²) in [5, 5.41) is 6.73. The molecule has 0 bridgehead atoms. The number of nitrogens with one attached hydrogen (secondary N) is 1. The van der Waals surface area contributed by atoms with Crippen LogP contribution in [-0.2, 0) is 6.42 Å². The van der Waals surface area contributed by atoms with Gasteiger partial charge in [0.05, 0.1) is 0 Å². The van der Waals surface area contributed by atoms with E-state index >= 15 is 0 Å². The van der Waals surface area contributed by atoms with Crippen molar-refractivity contribution in [1.82, 2.24) is 15.4 Å². The van der Waals surface area contributed by atoms with Gasteiger partial charge in [0.15, 0.2) is 5.69 Å². The van der Waals surface area contributed by atoms with Crippen LogP contribution in [0.15, 0.2) is 4.52 Å². The number of nitrogens with zero attached hydrogens (tertiary/aromatic N) is 2. The molecule has 0 radical (unpaired) electrons. The van der Waals surface area contributed by atoms with Gasteiger partial charge in [-0.05, 0) is 34.9 Å². The predicted octanol–water partition coefficient (Wildman–Crippen LogP) is 1.62. The fourth-order valence-corrected chi connectivity index (χ4v) is 1.45. The van der Waals surface area contributed by atoms with Crippen molar-refractivity contribution in [1.29, 1.82) is 0 Å². The average molecular weight is 253 g/mol.